The van der Waals surface area contributed by atoms with Gasteiger partial charge < -0.3 is 4.90 Å². The van der Waals surface area contributed by atoms with Crippen molar-refractivity contribution in [3.63, 3.8) is 0 Å². The van der Waals surface area contributed by atoms with Crippen LogP contribution in [0.5, 0.6) is 0 Å². The maximum absolute atomic E-state index is 12.6. The number of non-ortho nitro benzene ring substituents is 1. The zero-order chi connectivity index (χ0) is 16.3. The number of aromatic nitrogens is 1. The van der Waals surface area contributed by atoms with Gasteiger partial charge in [-0.15, -0.1) is 0 Å². The van der Waals surface area contributed by atoms with Crippen molar-refractivity contribution in [2.24, 2.45) is 0 Å². The molecular formula is C15H14IN3O3. The van der Waals surface area contributed by atoms with Crippen molar-refractivity contribution < 1.29 is 9.72 Å². The Balaban J connectivity index is 2.26. The minimum absolute atomic E-state index is 0.0242. The standard InChI is InChI=1S/C15H14IN3O3/c1-10(11-4-3-7-17-9-11)18(2)15(20)13-6-5-12(19(21)22)8-14(13)16/h3-10H,1-2H3. The van der Waals surface area contributed by atoms with Gasteiger partial charge >= 0.3 is 0 Å². The summed E-state index contributed by atoms with van der Waals surface area (Å²) in [6.07, 6.45) is 3.40. The molecule has 1 amide bonds. The van der Waals surface area contributed by atoms with Crippen LogP contribution in [0.2, 0.25) is 0 Å². The zero-order valence-corrected chi connectivity index (χ0v) is 14.2. The van der Waals surface area contributed by atoms with Gasteiger partial charge in [-0.3, -0.25) is 19.9 Å². The SMILES string of the molecule is CC(c1cccnc1)N(C)C(=O)c1ccc([N+](=O)[O-])cc1I. The largest absolute Gasteiger partial charge is 0.335 e. The van der Waals surface area contributed by atoms with Gasteiger partial charge in [0.15, 0.2) is 0 Å². The van der Waals surface area contributed by atoms with Crippen molar-refractivity contribution in [2.45, 2.75) is 13.0 Å². The first kappa shape index (κ1) is 16.3. The van der Waals surface area contributed by atoms with E-state index in [0.29, 0.717) is 9.13 Å². The summed E-state index contributed by atoms with van der Waals surface area (Å²) < 4.78 is 0.557. The van der Waals surface area contributed by atoms with Gasteiger partial charge in [0.25, 0.3) is 11.6 Å². The number of nitro groups is 1. The van der Waals surface area contributed by atoms with Gasteiger partial charge in [-0.25, -0.2) is 0 Å². The summed E-state index contributed by atoms with van der Waals surface area (Å²) in [5.74, 6) is -0.185. The summed E-state index contributed by atoms with van der Waals surface area (Å²) in [6.45, 7) is 1.91. The summed E-state index contributed by atoms with van der Waals surface area (Å²) in [6, 6.07) is 7.82. The third kappa shape index (κ3) is 3.41. The van der Waals surface area contributed by atoms with Crippen LogP contribution in [0, 0.1) is 13.7 Å². The van der Waals surface area contributed by atoms with E-state index in [-0.39, 0.29) is 17.6 Å². The number of hydrogen-bond donors (Lipinski definition) is 0. The minimum atomic E-state index is -0.474. The van der Waals surface area contributed by atoms with Crippen molar-refractivity contribution in [1.29, 1.82) is 0 Å². The molecule has 2 aromatic rings. The number of carbonyl (C=O) groups excluding carboxylic acids is 1. The van der Waals surface area contributed by atoms with Crippen LogP contribution in [0.25, 0.3) is 0 Å². The lowest BCUT2D eigenvalue weighted by Gasteiger charge is -2.25. The Kier molecular flexibility index (Phi) is 5.07. The molecule has 1 aromatic heterocycles. The fourth-order valence-corrected chi connectivity index (χ4v) is 2.73. The summed E-state index contributed by atoms with van der Waals surface area (Å²) in [7, 11) is 1.71. The summed E-state index contributed by atoms with van der Waals surface area (Å²) >= 11 is 1.94. The molecule has 22 heavy (non-hydrogen) atoms. The molecule has 7 heteroatoms. The van der Waals surface area contributed by atoms with E-state index in [0.717, 1.165) is 5.56 Å². The Bertz CT molecular complexity index is 706. The summed E-state index contributed by atoms with van der Waals surface area (Å²) in [5, 5.41) is 10.8. The molecule has 0 radical (unpaired) electrons. The van der Waals surface area contributed by atoms with Gasteiger partial charge in [0.1, 0.15) is 0 Å². The van der Waals surface area contributed by atoms with Crippen LogP contribution in [0.1, 0.15) is 28.9 Å². The van der Waals surface area contributed by atoms with Crippen LogP contribution in [0.4, 0.5) is 5.69 Å². The molecule has 1 aromatic carbocycles. The van der Waals surface area contributed by atoms with Gasteiger partial charge in [-0.2, -0.15) is 0 Å². The van der Waals surface area contributed by atoms with Crippen molar-refractivity contribution in [3.05, 3.63) is 67.5 Å². The van der Waals surface area contributed by atoms with Gasteiger partial charge in [-0.05, 0) is 47.2 Å². The van der Waals surface area contributed by atoms with Crippen LogP contribution in [0.3, 0.4) is 0 Å². The van der Waals surface area contributed by atoms with E-state index in [1.807, 2.05) is 41.6 Å². The molecule has 6 nitrogen and oxygen atoms in total. The van der Waals surface area contributed by atoms with Crippen molar-refractivity contribution >= 4 is 34.2 Å². The van der Waals surface area contributed by atoms with Crippen LogP contribution >= 0.6 is 22.6 Å². The topological polar surface area (TPSA) is 76.3 Å². The van der Waals surface area contributed by atoms with E-state index in [9.17, 15) is 14.9 Å². The van der Waals surface area contributed by atoms with E-state index in [1.54, 1.807) is 24.3 Å². The van der Waals surface area contributed by atoms with Crippen LogP contribution in [-0.4, -0.2) is 27.8 Å². The monoisotopic (exact) mass is 411 g/mol. The van der Waals surface area contributed by atoms with Crippen molar-refractivity contribution in [3.8, 4) is 0 Å². The van der Waals surface area contributed by atoms with Gasteiger partial charge in [0.05, 0.1) is 16.5 Å². The van der Waals surface area contributed by atoms with Crippen molar-refractivity contribution in [1.82, 2.24) is 9.88 Å². The lowest BCUT2D eigenvalue weighted by molar-refractivity contribution is -0.384. The number of benzene rings is 1. The molecule has 1 atom stereocenters. The fraction of sp³-hybridized carbons (Fsp3) is 0.200. The first-order chi connectivity index (χ1) is 10.4. The number of nitrogens with zero attached hydrogens (tertiary/aromatic N) is 3. The van der Waals surface area contributed by atoms with E-state index < -0.39 is 4.92 Å². The average molecular weight is 411 g/mol. The van der Waals surface area contributed by atoms with E-state index in [4.69, 9.17) is 0 Å². The van der Waals surface area contributed by atoms with Gasteiger partial charge in [-0.1, -0.05) is 6.07 Å². The van der Waals surface area contributed by atoms with Gasteiger partial charge in [0, 0.05) is 35.1 Å². The van der Waals surface area contributed by atoms with E-state index >= 15 is 0 Å². The Hall–Kier alpha value is -2.03. The fourth-order valence-electron chi connectivity index (χ4n) is 2.00. The second-order valence-electron chi connectivity index (χ2n) is 4.80. The Labute approximate surface area is 141 Å². The number of pyridine rings is 1. The molecule has 0 N–H and O–H groups in total. The Morgan fingerprint density at radius 3 is 2.68 bits per heavy atom. The number of carbonyl (C=O) groups is 1. The number of amides is 1. The molecule has 1 unspecified atom stereocenters. The molecular weight excluding hydrogens is 397 g/mol. The lowest BCUT2D eigenvalue weighted by Crippen LogP contribution is -2.30. The minimum Gasteiger partial charge on any atom is -0.335 e. The molecule has 0 spiro atoms. The molecule has 0 aliphatic heterocycles. The van der Waals surface area contributed by atoms with E-state index in [2.05, 4.69) is 4.98 Å². The third-order valence-electron chi connectivity index (χ3n) is 3.46. The van der Waals surface area contributed by atoms with Crippen LogP contribution < -0.4 is 0 Å². The second-order valence-corrected chi connectivity index (χ2v) is 5.96. The molecule has 0 fully saturated rings. The highest BCUT2D eigenvalue weighted by Crippen LogP contribution is 2.24. The van der Waals surface area contributed by atoms with Crippen LogP contribution in [0.15, 0.2) is 42.7 Å². The number of hydrogen-bond acceptors (Lipinski definition) is 4. The maximum atomic E-state index is 12.6. The highest BCUT2D eigenvalue weighted by atomic mass is 127. The molecule has 114 valence electrons. The maximum Gasteiger partial charge on any atom is 0.270 e. The zero-order valence-electron chi connectivity index (χ0n) is 12.1. The quantitative estimate of drug-likeness (QED) is 0.439. The summed E-state index contributed by atoms with van der Waals surface area (Å²) in [4.78, 5) is 28.5. The molecule has 0 aliphatic rings. The highest BCUT2D eigenvalue weighted by Gasteiger charge is 2.22. The van der Waals surface area contributed by atoms with Crippen LogP contribution in [-0.2, 0) is 0 Å². The number of rotatable bonds is 4. The smallest absolute Gasteiger partial charge is 0.270 e. The first-order valence-corrected chi connectivity index (χ1v) is 7.60. The normalized spacial score (nSPS) is 11.8. The molecule has 1 heterocycles. The highest BCUT2D eigenvalue weighted by molar-refractivity contribution is 14.1. The predicted octanol–water partition coefficient (Wildman–Crippen LogP) is 3.43. The lowest BCUT2D eigenvalue weighted by atomic mass is 10.1. The second kappa shape index (κ2) is 6.82. The number of nitro benzene ring substituents is 1. The summed E-state index contributed by atoms with van der Waals surface area (Å²) in [5.41, 5.74) is 1.35. The number of halogens is 1. The Morgan fingerprint density at radius 1 is 1.41 bits per heavy atom. The van der Waals surface area contributed by atoms with E-state index in [1.165, 1.54) is 18.2 Å². The molecule has 2 rings (SSSR count). The molecule has 0 saturated carbocycles. The first-order valence-electron chi connectivity index (χ1n) is 6.53. The molecule has 0 bridgehead atoms. The average Bonchev–Trinajstić information content (AvgIpc) is 2.53. The molecule has 0 aliphatic carbocycles. The molecule has 0 saturated heterocycles. The van der Waals surface area contributed by atoms with Gasteiger partial charge in [0.2, 0.25) is 0 Å². The van der Waals surface area contributed by atoms with Crippen molar-refractivity contribution in [2.75, 3.05) is 7.05 Å². The third-order valence-corrected chi connectivity index (χ3v) is 4.35. The predicted molar refractivity (Wildman–Crippen MR) is 90.6 cm³/mol. The Morgan fingerprint density at radius 2 is 2.14 bits per heavy atom.